The van der Waals surface area contributed by atoms with Gasteiger partial charge in [-0.3, -0.25) is 9.59 Å². The number of amides is 2. The third-order valence-corrected chi connectivity index (χ3v) is 9.42. The molecule has 1 unspecified atom stereocenters. The fraction of sp³-hybridized carbons (Fsp3) is 0.353. The average Bonchev–Trinajstić information content (AvgIpc) is 3.96. The van der Waals surface area contributed by atoms with Crippen LogP contribution < -0.4 is 20.5 Å². The molecule has 4 N–H and O–H groups in total. The zero-order valence-electron chi connectivity index (χ0n) is 24.8. The maximum absolute atomic E-state index is 13.8. The Kier molecular flexibility index (Phi) is 6.98. The van der Waals surface area contributed by atoms with Crippen LogP contribution in [0.1, 0.15) is 59.9 Å². The minimum atomic E-state index is -1.58. The predicted octanol–water partition coefficient (Wildman–Crippen LogP) is 5.10. The van der Waals surface area contributed by atoms with Crippen molar-refractivity contribution in [1.82, 2.24) is 15.3 Å². The third kappa shape index (κ3) is 5.25. The lowest BCUT2D eigenvalue weighted by molar-refractivity contribution is -0.123. The van der Waals surface area contributed by atoms with Crippen LogP contribution in [0, 0.1) is 18.7 Å². The maximum atomic E-state index is 13.8. The maximum Gasteiger partial charge on any atom is 0.251 e. The van der Waals surface area contributed by atoms with E-state index in [1.54, 1.807) is 43.3 Å². The molecule has 0 radical (unpaired) electrons. The Hall–Kier alpha value is -4.28. The summed E-state index contributed by atoms with van der Waals surface area (Å²) in [7, 11) is 0. The predicted molar refractivity (Wildman–Crippen MR) is 166 cm³/mol. The lowest BCUT2D eigenvalue weighted by Gasteiger charge is -2.30. The molecule has 2 aliphatic carbocycles. The van der Waals surface area contributed by atoms with E-state index in [0.717, 1.165) is 25.7 Å². The topological polar surface area (TPSA) is 137 Å². The monoisotopic (exact) mass is 630 g/mol. The second-order valence-electron chi connectivity index (χ2n) is 12.5. The number of nitrogens with one attached hydrogen (secondary N) is 1. The quantitative estimate of drug-likeness (QED) is 0.234. The molecule has 0 bridgehead atoms. The van der Waals surface area contributed by atoms with Crippen molar-refractivity contribution in [3.8, 4) is 22.8 Å². The first kappa shape index (κ1) is 29.4. The normalized spacial score (nSPS) is 20.3. The van der Waals surface area contributed by atoms with E-state index in [0.29, 0.717) is 55.5 Å². The Morgan fingerprint density at radius 2 is 1.89 bits per heavy atom. The van der Waals surface area contributed by atoms with Crippen LogP contribution in [0.2, 0.25) is 5.02 Å². The number of fused-ring (bicyclic) bond motifs is 2. The van der Waals surface area contributed by atoms with Crippen molar-refractivity contribution in [2.45, 2.75) is 56.7 Å². The largest absolute Gasteiger partial charge is 0.489 e. The molecule has 2 saturated carbocycles. The molecule has 2 aromatic carbocycles. The molecule has 45 heavy (non-hydrogen) atoms. The van der Waals surface area contributed by atoms with Gasteiger partial charge in [0.1, 0.15) is 46.1 Å². The molecular weight excluding hydrogens is 599 g/mol. The van der Waals surface area contributed by atoms with Gasteiger partial charge in [0, 0.05) is 22.1 Å². The van der Waals surface area contributed by atoms with Crippen molar-refractivity contribution < 1.29 is 28.6 Å². The van der Waals surface area contributed by atoms with Crippen LogP contribution in [0.15, 0.2) is 48.5 Å². The standard InChI is InChI=1S/C34H32ClFN4O5/c1-17-25(35)12-19-11-20(13-26(28(19)39-17)45-23-9-10-23)31(41)38-15-34(43,21-5-6-21)27-14-24-30(44-16-33(24,2)32(37)42)29(40-27)18-3-7-22(36)8-4-18/h3-4,7-8,11-14,21,23,43H,5-6,9-10,15-16H2,1-2H3,(H2,37,42)(H,38,41)/t33-,34?/m0/s1. The highest BCUT2D eigenvalue weighted by Crippen LogP contribution is 2.50. The summed E-state index contributed by atoms with van der Waals surface area (Å²) in [5.41, 5.74) is 6.36. The average molecular weight is 631 g/mol. The van der Waals surface area contributed by atoms with Crippen LogP contribution >= 0.6 is 11.6 Å². The number of rotatable bonds is 9. The fourth-order valence-electron chi connectivity index (χ4n) is 5.84. The number of aromatic nitrogens is 2. The zero-order chi connectivity index (χ0) is 31.7. The number of aryl methyl sites for hydroxylation is 1. The number of pyridine rings is 2. The SMILES string of the molecule is Cc1nc2c(OC3CC3)cc(C(=O)NCC(O)(c3cc4c(c(-c5ccc(F)cc5)n3)OC[C@]4(C)C(N)=O)C3CC3)cc2cc1Cl. The molecule has 3 aliphatic rings. The molecule has 0 saturated heterocycles. The summed E-state index contributed by atoms with van der Waals surface area (Å²) in [6, 6.07) is 12.5. The lowest BCUT2D eigenvalue weighted by Crippen LogP contribution is -2.44. The van der Waals surface area contributed by atoms with Gasteiger partial charge in [-0.1, -0.05) is 11.6 Å². The first-order valence-corrected chi connectivity index (χ1v) is 15.4. The molecule has 3 heterocycles. The molecule has 2 fully saturated rings. The van der Waals surface area contributed by atoms with Crippen molar-refractivity contribution in [2.24, 2.45) is 11.7 Å². The summed E-state index contributed by atoms with van der Waals surface area (Å²) < 4.78 is 25.9. The minimum Gasteiger partial charge on any atom is -0.489 e. The molecule has 0 spiro atoms. The first-order valence-electron chi connectivity index (χ1n) is 15.0. The molecule has 1 aliphatic heterocycles. The Balaban J connectivity index is 1.26. The smallest absolute Gasteiger partial charge is 0.251 e. The molecule has 2 atom stereocenters. The van der Waals surface area contributed by atoms with Crippen LogP contribution in [-0.2, 0) is 15.8 Å². The molecule has 232 valence electrons. The van der Waals surface area contributed by atoms with Gasteiger partial charge in [0.05, 0.1) is 29.1 Å². The summed E-state index contributed by atoms with van der Waals surface area (Å²) in [6.45, 7) is 3.35. The van der Waals surface area contributed by atoms with Gasteiger partial charge in [-0.05, 0) is 94.0 Å². The first-order chi connectivity index (χ1) is 21.5. The van der Waals surface area contributed by atoms with E-state index >= 15 is 0 Å². The summed E-state index contributed by atoms with van der Waals surface area (Å²) >= 11 is 6.36. The van der Waals surface area contributed by atoms with Gasteiger partial charge >= 0.3 is 0 Å². The van der Waals surface area contributed by atoms with E-state index in [1.807, 2.05) is 6.92 Å². The van der Waals surface area contributed by atoms with Crippen molar-refractivity contribution >= 4 is 34.3 Å². The van der Waals surface area contributed by atoms with Crippen LogP contribution in [0.3, 0.4) is 0 Å². The fourth-order valence-corrected chi connectivity index (χ4v) is 6.00. The van der Waals surface area contributed by atoms with E-state index in [1.165, 1.54) is 12.1 Å². The summed E-state index contributed by atoms with van der Waals surface area (Å²) in [5, 5.41) is 16.3. The second-order valence-corrected chi connectivity index (χ2v) is 12.9. The number of benzene rings is 2. The van der Waals surface area contributed by atoms with Gasteiger partial charge in [-0.2, -0.15) is 0 Å². The van der Waals surface area contributed by atoms with E-state index in [-0.39, 0.29) is 30.9 Å². The van der Waals surface area contributed by atoms with E-state index in [2.05, 4.69) is 10.3 Å². The number of aliphatic hydroxyl groups is 1. The van der Waals surface area contributed by atoms with Gasteiger partial charge in [0.15, 0.2) is 0 Å². The molecule has 4 aromatic rings. The van der Waals surface area contributed by atoms with Gasteiger partial charge in [-0.15, -0.1) is 0 Å². The highest BCUT2D eigenvalue weighted by molar-refractivity contribution is 6.31. The van der Waals surface area contributed by atoms with Gasteiger partial charge < -0.3 is 25.6 Å². The molecule has 2 amide bonds. The van der Waals surface area contributed by atoms with Gasteiger partial charge in [0.2, 0.25) is 5.91 Å². The molecule has 11 heteroatoms. The van der Waals surface area contributed by atoms with Crippen LogP contribution in [0.25, 0.3) is 22.2 Å². The van der Waals surface area contributed by atoms with E-state index in [4.69, 9.17) is 31.8 Å². The molecule has 7 rings (SSSR count). The lowest BCUT2D eigenvalue weighted by atomic mass is 9.81. The number of hydrogen-bond acceptors (Lipinski definition) is 7. The Bertz CT molecular complexity index is 1880. The highest BCUT2D eigenvalue weighted by Gasteiger charge is 2.50. The molecule has 9 nitrogen and oxygen atoms in total. The van der Waals surface area contributed by atoms with Gasteiger partial charge in [0.25, 0.3) is 5.91 Å². The van der Waals surface area contributed by atoms with E-state index < -0.39 is 28.6 Å². The number of ether oxygens (including phenoxy) is 2. The minimum absolute atomic E-state index is 0.00120. The number of primary amides is 1. The van der Waals surface area contributed by atoms with Crippen molar-refractivity contribution in [2.75, 3.05) is 13.2 Å². The number of nitrogens with zero attached hydrogens (tertiary/aromatic N) is 2. The third-order valence-electron chi connectivity index (χ3n) is 9.04. The van der Waals surface area contributed by atoms with Crippen LogP contribution in [-0.4, -0.2) is 46.1 Å². The highest BCUT2D eigenvalue weighted by atomic mass is 35.5. The van der Waals surface area contributed by atoms with Crippen molar-refractivity contribution in [3.05, 3.63) is 81.9 Å². The number of carbonyl (C=O) groups excluding carboxylic acids is 2. The summed E-state index contributed by atoms with van der Waals surface area (Å²) in [4.78, 5) is 35.7. The summed E-state index contributed by atoms with van der Waals surface area (Å²) in [5.74, 6) is -0.749. The number of hydrogen-bond donors (Lipinski definition) is 3. The van der Waals surface area contributed by atoms with Crippen LogP contribution in [0.4, 0.5) is 4.39 Å². The Morgan fingerprint density at radius 3 is 2.56 bits per heavy atom. The second kappa shape index (κ2) is 10.7. The number of nitrogens with two attached hydrogens (primary N) is 1. The molecule has 2 aromatic heterocycles. The van der Waals surface area contributed by atoms with Gasteiger partial charge in [-0.25, -0.2) is 14.4 Å². The number of carbonyl (C=O) groups is 2. The number of halogens is 2. The van der Waals surface area contributed by atoms with Crippen molar-refractivity contribution in [1.29, 1.82) is 0 Å². The van der Waals surface area contributed by atoms with E-state index in [9.17, 15) is 19.1 Å². The molecular formula is C34H32ClFN4O5. The summed E-state index contributed by atoms with van der Waals surface area (Å²) in [6.07, 6.45) is 3.40. The Morgan fingerprint density at radius 1 is 1.16 bits per heavy atom. The van der Waals surface area contributed by atoms with Crippen LogP contribution in [0.5, 0.6) is 11.5 Å². The zero-order valence-corrected chi connectivity index (χ0v) is 25.6. The van der Waals surface area contributed by atoms with Crippen molar-refractivity contribution in [3.63, 3.8) is 0 Å². The Labute approximate surface area is 263 Å².